The molecule has 0 aromatic carbocycles. The lowest BCUT2D eigenvalue weighted by Gasteiger charge is -2.27. The van der Waals surface area contributed by atoms with Crippen molar-refractivity contribution < 1.29 is 9.59 Å². The SMILES string of the molecule is CCCCC1(CCCC)NC(=N)N(CCC2CCN(C(=O)c3cccs3)C2)C1=O. The first-order valence-electron chi connectivity index (χ1n) is 11.0. The lowest BCUT2D eigenvalue weighted by molar-refractivity contribution is -0.131. The molecular formula is C22H34N4O2S. The highest BCUT2D eigenvalue weighted by atomic mass is 32.1. The number of carbonyl (C=O) groups is 2. The predicted molar refractivity (Wildman–Crippen MR) is 117 cm³/mol. The van der Waals surface area contributed by atoms with Crippen LogP contribution in [-0.4, -0.2) is 52.7 Å². The summed E-state index contributed by atoms with van der Waals surface area (Å²) >= 11 is 1.49. The van der Waals surface area contributed by atoms with E-state index < -0.39 is 5.54 Å². The van der Waals surface area contributed by atoms with Gasteiger partial charge in [0.05, 0.1) is 4.88 Å². The van der Waals surface area contributed by atoms with E-state index in [9.17, 15) is 9.59 Å². The lowest BCUT2D eigenvalue weighted by Crippen LogP contribution is -2.47. The molecule has 0 spiro atoms. The van der Waals surface area contributed by atoms with Gasteiger partial charge in [-0.2, -0.15) is 0 Å². The van der Waals surface area contributed by atoms with Gasteiger partial charge in [-0.15, -0.1) is 11.3 Å². The maximum Gasteiger partial charge on any atom is 0.263 e. The molecule has 2 fully saturated rings. The standard InChI is InChI=1S/C22H34N4O2S/c1-3-5-11-22(12-6-4-2)20(28)26(21(23)24-22)14-10-17-9-13-25(16-17)19(27)18-8-7-15-29-18/h7-8,15,17H,3-6,9-14,16H2,1-2H3,(H2,23,24). The van der Waals surface area contributed by atoms with Crippen molar-refractivity contribution in [2.45, 2.75) is 70.8 Å². The molecule has 29 heavy (non-hydrogen) atoms. The molecule has 2 aliphatic rings. The summed E-state index contributed by atoms with van der Waals surface area (Å²) in [6.07, 6.45) is 7.48. The monoisotopic (exact) mass is 418 g/mol. The smallest absolute Gasteiger partial charge is 0.263 e. The molecule has 6 nitrogen and oxygen atoms in total. The fourth-order valence-electron chi connectivity index (χ4n) is 4.46. The minimum Gasteiger partial charge on any atom is -0.342 e. The topological polar surface area (TPSA) is 76.5 Å². The Labute approximate surface area is 178 Å². The van der Waals surface area contributed by atoms with Gasteiger partial charge in [0.1, 0.15) is 5.54 Å². The number of guanidine groups is 1. The third-order valence-electron chi connectivity index (χ3n) is 6.26. The zero-order chi connectivity index (χ0) is 20.9. The summed E-state index contributed by atoms with van der Waals surface area (Å²) in [6, 6.07) is 3.79. The second-order valence-electron chi connectivity index (χ2n) is 8.39. The Kier molecular flexibility index (Phi) is 7.33. The highest BCUT2D eigenvalue weighted by molar-refractivity contribution is 7.12. The number of rotatable bonds is 10. The van der Waals surface area contributed by atoms with Crippen molar-refractivity contribution in [2.75, 3.05) is 19.6 Å². The minimum atomic E-state index is -0.583. The molecule has 2 N–H and O–H groups in total. The maximum absolute atomic E-state index is 13.2. The molecule has 3 heterocycles. The van der Waals surface area contributed by atoms with E-state index in [-0.39, 0.29) is 17.8 Å². The first-order chi connectivity index (χ1) is 14.0. The molecule has 1 aromatic rings. The molecule has 0 aliphatic carbocycles. The van der Waals surface area contributed by atoms with Crippen LogP contribution in [0.25, 0.3) is 0 Å². The number of carbonyl (C=O) groups excluding carboxylic acids is 2. The van der Waals surface area contributed by atoms with Crippen LogP contribution in [0.5, 0.6) is 0 Å². The highest BCUT2D eigenvalue weighted by Crippen LogP contribution is 2.30. The van der Waals surface area contributed by atoms with E-state index in [4.69, 9.17) is 5.41 Å². The van der Waals surface area contributed by atoms with Crippen molar-refractivity contribution in [3.63, 3.8) is 0 Å². The number of unbranched alkanes of at least 4 members (excludes halogenated alkanes) is 2. The van der Waals surface area contributed by atoms with Crippen molar-refractivity contribution in [1.29, 1.82) is 5.41 Å². The van der Waals surface area contributed by atoms with Gasteiger partial charge in [-0.3, -0.25) is 19.9 Å². The molecule has 2 amide bonds. The molecule has 7 heteroatoms. The Hall–Kier alpha value is -1.89. The molecular weight excluding hydrogens is 384 g/mol. The Morgan fingerprint density at radius 1 is 1.31 bits per heavy atom. The van der Waals surface area contributed by atoms with Gasteiger partial charge in [0.2, 0.25) is 0 Å². The molecule has 1 unspecified atom stereocenters. The Morgan fingerprint density at radius 2 is 2.03 bits per heavy atom. The maximum atomic E-state index is 13.2. The number of hydrogen-bond acceptors (Lipinski definition) is 4. The second kappa shape index (κ2) is 9.74. The molecule has 2 aliphatic heterocycles. The van der Waals surface area contributed by atoms with Gasteiger partial charge in [-0.1, -0.05) is 45.6 Å². The van der Waals surface area contributed by atoms with Crippen molar-refractivity contribution in [3.05, 3.63) is 22.4 Å². The third kappa shape index (κ3) is 4.82. The Bertz CT molecular complexity index is 710. The highest BCUT2D eigenvalue weighted by Gasteiger charge is 2.48. The predicted octanol–water partition coefficient (Wildman–Crippen LogP) is 4.09. The van der Waals surface area contributed by atoms with Gasteiger partial charge in [-0.05, 0) is 43.0 Å². The second-order valence-corrected chi connectivity index (χ2v) is 9.34. The van der Waals surface area contributed by atoms with E-state index in [1.54, 1.807) is 4.90 Å². The molecule has 160 valence electrons. The number of nitrogens with zero attached hydrogens (tertiary/aromatic N) is 2. The van der Waals surface area contributed by atoms with Gasteiger partial charge in [-0.25, -0.2) is 0 Å². The summed E-state index contributed by atoms with van der Waals surface area (Å²) < 4.78 is 0. The van der Waals surface area contributed by atoms with Crippen LogP contribution in [0.4, 0.5) is 0 Å². The van der Waals surface area contributed by atoms with Gasteiger partial charge >= 0.3 is 0 Å². The number of thiophene rings is 1. The molecule has 3 rings (SSSR count). The van der Waals surface area contributed by atoms with E-state index in [0.717, 1.165) is 69.3 Å². The first kappa shape index (κ1) is 21.8. The average Bonchev–Trinajstić information content (AvgIpc) is 3.45. The summed E-state index contributed by atoms with van der Waals surface area (Å²) in [7, 11) is 0. The Morgan fingerprint density at radius 3 is 2.66 bits per heavy atom. The first-order valence-corrected chi connectivity index (χ1v) is 11.9. The summed E-state index contributed by atoms with van der Waals surface area (Å²) in [5.74, 6) is 0.841. The third-order valence-corrected chi connectivity index (χ3v) is 7.12. The van der Waals surface area contributed by atoms with Crippen LogP contribution < -0.4 is 5.32 Å². The van der Waals surface area contributed by atoms with Crippen LogP contribution in [0.2, 0.25) is 0 Å². The zero-order valence-electron chi connectivity index (χ0n) is 17.7. The van der Waals surface area contributed by atoms with Crippen LogP contribution in [0, 0.1) is 11.3 Å². The summed E-state index contributed by atoms with van der Waals surface area (Å²) in [5.41, 5.74) is -0.583. The van der Waals surface area contributed by atoms with Crippen LogP contribution in [0.3, 0.4) is 0 Å². The van der Waals surface area contributed by atoms with Gasteiger partial charge in [0.15, 0.2) is 5.96 Å². The van der Waals surface area contributed by atoms with E-state index in [1.165, 1.54) is 11.3 Å². The summed E-state index contributed by atoms with van der Waals surface area (Å²) in [6.45, 7) is 6.37. The normalized spacial score (nSPS) is 21.1. The number of nitrogens with one attached hydrogen (secondary N) is 2. The fourth-order valence-corrected chi connectivity index (χ4v) is 5.15. The lowest BCUT2D eigenvalue weighted by atomic mass is 9.87. The van der Waals surface area contributed by atoms with Gasteiger partial charge < -0.3 is 10.2 Å². The number of amides is 2. The molecule has 0 radical (unpaired) electrons. The van der Waals surface area contributed by atoms with Crippen LogP contribution >= 0.6 is 11.3 Å². The number of likely N-dealkylation sites (tertiary alicyclic amines) is 1. The van der Waals surface area contributed by atoms with Crippen LogP contribution in [0.1, 0.15) is 74.9 Å². The molecule has 2 saturated heterocycles. The minimum absolute atomic E-state index is 0.0777. The van der Waals surface area contributed by atoms with Gasteiger partial charge in [0, 0.05) is 19.6 Å². The summed E-state index contributed by atoms with van der Waals surface area (Å²) in [4.78, 5) is 30.1. The molecule has 1 aromatic heterocycles. The van der Waals surface area contributed by atoms with Crippen molar-refractivity contribution in [1.82, 2.24) is 15.1 Å². The van der Waals surface area contributed by atoms with Gasteiger partial charge in [0.25, 0.3) is 11.8 Å². The zero-order valence-corrected chi connectivity index (χ0v) is 18.5. The fraction of sp³-hybridized carbons (Fsp3) is 0.682. The van der Waals surface area contributed by atoms with Crippen LogP contribution in [0.15, 0.2) is 17.5 Å². The van der Waals surface area contributed by atoms with Crippen molar-refractivity contribution >= 4 is 29.1 Å². The molecule has 0 saturated carbocycles. The van der Waals surface area contributed by atoms with E-state index in [0.29, 0.717) is 12.5 Å². The van der Waals surface area contributed by atoms with Crippen molar-refractivity contribution in [3.8, 4) is 0 Å². The van der Waals surface area contributed by atoms with E-state index in [2.05, 4.69) is 19.2 Å². The van der Waals surface area contributed by atoms with Crippen LogP contribution in [-0.2, 0) is 4.79 Å². The van der Waals surface area contributed by atoms with Crippen molar-refractivity contribution in [2.24, 2.45) is 5.92 Å². The average molecular weight is 419 g/mol. The summed E-state index contributed by atoms with van der Waals surface area (Å²) in [5, 5.41) is 13.6. The Balaban J connectivity index is 1.55. The number of hydrogen-bond donors (Lipinski definition) is 2. The quantitative estimate of drug-likeness (QED) is 0.601. The molecule has 1 atom stereocenters. The van der Waals surface area contributed by atoms with E-state index in [1.807, 2.05) is 22.4 Å². The largest absolute Gasteiger partial charge is 0.342 e. The van der Waals surface area contributed by atoms with E-state index >= 15 is 0 Å². The molecule has 0 bridgehead atoms.